The molecule has 0 aromatic heterocycles. The molecule has 3 nitrogen and oxygen atoms in total. The minimum Gasteiger partial charge on any atom is -0.329 e. The lowest BCUT2D eigenvalue weighted by Gasteiger charge is -2.37. The molecule has 0 spiro atoms. The van der Waals surface area contributed by atoms with Gasteiger partial charge in [-0.3, -0.25) is 9.59 Å². The van der Waals surface area contributed by atoms with Gasteiger partial charge in [-0.05, 0) is 29.5 Å². The number of amides is 1. The maximum absolute atomic E-state index is 13.5. The summed E-state index contributed by atoms with van der Waals surface area (Å²) in [5.74, 6) is -0.707. The van der Waals surface area contributed by atoms with Gasteiger partial charge in [0.1, 0.15) is 5.82 Å². The Morgan fingerprint density at radius 2 is 2.00 bits per heavy atom. The van der Waals surface area contributed by atoms with Crippen LogP contribution >= 0.6 is 0 Å². The molecule has 1 aromatic rings. The van der Waals surface area contributed by atoms with Crippen LogP contribution in [0.15, 0.2) is 35.5 Å². The number of hydrogen-bond donors (Lipinski definition) is 1. The third kappa shape index (κ3) is 2.62. The highest BCUT2D eigenvalue weighted by Gasteiger charge is 2.40. The summed E-state index contributed by atoms with van der Waals surface area (Å²) in [5, 5.41) is 2.84. The van der Waals surface area contributed by atoms with Gasteiger partial charge < -0.3 is 5.32 Å². The highest BCUT2D eigenvalue weighted by molar-refractivity contribution is 6.02. The normalized spacial score (nSPS) is 24.6. The topological polar surface area (TPSA) is 46.2 Å². The number of ketones is 1. The minimum absolute atomic E-state index is 0.0653. The fraction of sp³-hybridized carbons (Fsp3) is 0.412. The number of nitrogens with one attached hydrogen (secondary N) is 1. The van der Waals surface area contributed by atoms with Gasteiger partial charge in [0.2, 0.25) is 5.91 Å². The lowest BCUT2D eigenvalue weighted by Crippen LogP contribution is -2.40. The first-order chi connectivity index (χ1) is 9.85. The van der Waals surface area contributed by atoms with E-state index in [4.69, 9.17) is 0 Å². The Kier molecular flexibility index (Phi) is 3.19. The van der Waals surface area contributed by atoms with Crippen molar-refractivity contribution in [3.05, 3.63) is 46.9 Å². The molecule has 110 valence electrons. The van der Waals surface area contributed by atoms with Crippen molar-refractivity contribution in [2.75, 3.05) is 0 Å². The van der Waals surface area contributed by atoms with Crippen LogP contribution in [0.25, 0.3) is 0 Å². The summed E-state index contributed by atoms with van der Waals surface area (Å²) in [7, 11) is 0. The summed E-state index contributed by atoms with van der Waals surface area (Å²) in [6.45, 7) is 4.04. The maximum atomic E-state index is 13.5. The van der Waals surface area contributed by atoms with E-state index in [-0.39, 0.29) is 35.3 Å². The number of Topliss-reactive ketones (excluding diaryl/α,β-unsaturated/α-hetero) is 1. The number of rotatable bonds is 1. The molecule has 1 N–H and O–H groups in total. The molecule has 1 aromatic carbocycles. The summed E-state index contributed by atoms with van der Waals surface area (Å²) in [4.78, 5) is 24.5. The number of carbonyl (C=O) groups is 2. The van der Waals surface area contributed by atoms with Crippen molar-refractivity contribution in [1.82, 2.24) is 5.32 Å². The van der Waals surface area contributed by atoms with Crippen molar-refractivity contribution < 1.29 is 14.0 Å². The Hall–Kier alpha value is -1.97. The molecule has 2 aliphatic rings. The zero-order valence-corrected chi connectivity index (χ0v) is 12.2. The van der Waals surface area contributed by atoms with Crippen molar-refractivity contribution >= 4 is 11.7 Å². The van der Waals surface area contributed by atoms with Crippen LogP contribution in [0.4, 0.5) is 4.39 Å². The van der Waals surface area contributed by atoms with E-state index >= 15 is 0 Å². The molecule has 21 heavy (non-hydrogen) atoms. The monoisotopic (exact) mass is 287 g/mol. The third-order valence-electron chi connectivity index (χ3n) is 4.20. The number of hydrogen-bond acceptors (Lipinski definition) is 2. The maximum Gasteiger partial charge on any atom is 0.225 e. The van der Waals surface area contributed by atoms with Crippen LogP contribution < -0.4 is 5.32 Å². The van der Waals surface area contributed by atoms with Gasteiger partial charge in [0, 0.05) is 30.0 Å². The molecule has 0 unspecified atom stereocenters. The number of allylic oxidation sites excluding steroid dienone is 2. The summed E-state index contributed by atoms with van der Waals surface area (Å²) >= 11 is 0. The van der Waals surface area contributed by atoms with Crippen LogP contribution in [-0.2, 0) is 9.59 Å². The minimum atomic E-state index is -0.343. The van der Waals surface area contributed by atoms with Crippen LogP contribution in [-0.4, -0.2) is 11.7 Å². The van der Waals surface area contributed by atoms with Gasteiger partial charge in [-0.15, -0.1) is 0 Å². The average molecular weight is 287 g/mol. The predicted octanol–water partition coefficient (Wildman–Crippen LogP) is 3.07. The zero-order chi connectivity index (χ0) is 15.2. The van der Waals surface area contributed by atoms with E-state index in [0.717, 1.165) is 5.70 Å². The molecular formula is C17H18FNO2. The van der Waals surface area contributed by atoms with Gasteiger partial charge in [0.05, 0.1) is 0 Å². The largest absolute Gasteiger partial charge is 0.329 e. The van der Waals surface area contributed by atoms with Crippen LogP contribution in [0.3, 0.4) is 0 Å². The third-order valence-corrected chi connectivity index (χ3v) is 4.20. The highest BCUT2D eigenvalue weighted by Crippen LogP contribution is 2.43. The second-order valence-electron chi connectivity index (χ2n) is 6.69. The fourth-order valence-electron chi connectivity index (χ4n) is 3.37. The summed E-state index contributed by atoms with van der Waals surface area (Å²) in [6, 6.07) is 6.19. The van der Waals surface area contributed by atoms with Crippen molar-refractivity contribution in [3.63, 3.8) is 0 Å². The molecule has 0 radical (unpaired) electrons. The SMILES string of the molecule is CC1(C)CC(=O)C2=C(C1)NC(=O)C[C@H]2c1cccc(F)c1. The van der Waals surface area contributed by atoms with Gasteiger partial charge >= 0.3 is 0 Å². The van der Waals surface area contributed by atoms with E-state index < -0.39 is 0 Å². The van der Waals surface area contributed by atoms with Crippen LogP contribution in [0.2, 0.25) is 0 Å². The first-order valence-electron chi connectivity index (χ1n) is 7.17. The van der Waals surface area contributed by atoms with Crippen molar-refractivity contribution in [1.29, 1.82) is 0 Å². The number of halogens is 1. The molecule has 4 heteroatoms. The van der Waals surface area contributed by atoms with E-state index in [9.17, 15) is 14.0 Å². The van der Waals surface area contributed by atoms with Crippen LogP contribution in [0, 0.1) is 11.2 Å². The van der Waals surface area contributed by atoms with E-state index in [1.165, 1.54) is 12.1 Å². The first kappa shape index (κ1) is 14.0. The molecule has 0 fully saturated rings. The lowest BCUT2D eigenvalue weighted by molar-refractivity contribution is -0.122. The Labute approximate surface area is 123 Å². The van der Waals surface area contributed by atoms with E-state index in [1.54, 1.807) is 12.1 Å². The lowest BCUT2D eigenvalue weighted by atomic mass is 9.70. The van der Waals surface area contributed by atoms with Crippen LogP contribution in [0.1, 0.15) is 44.6 Å². The summed E-state index contributed by atoms with van der Waals surface area (Å²) in [5.41, 5.74) is 1.94. The molecule has 3 rings (SSSR count). The highest BCUT2D eigenvalue weighted by atomic mass is 19.1. The second kappa shape index (κ2) is 4.79. The molecule has 1 atom stereocenters. The van der Waals surface area contributed by atoms with Crippen LogP contribution in [0.5, 0.6) is 0 Å². The molecule has 1 aliphatic heterocycles. The Bertz CT molecular complexity index is 661. The molecule has 0 saturated carbocycles. The number of benzene rings is 1. The van der Waals surface area contributed by atoms with Crippen molar-refractivity contribution in [3.8, 4) is 0 Å². The molecule has 1 amide bonds. The first-order valence-corrected chi connectivity index (χ1v) is 7.17. The average Bonchev–Trinajstić information content (AvgIpc) is 2.35. The van der Waals surface area contributed by atoms with E-state index in [2.05, 4.69) is 5.32 Å². The fourth-order valence-corrected chi connectivity index (χ4v) is 3.37. The standard InChI is InChI=1S/C17H18FNO2/c1-17(2)8-13-16(14(20)9-17)12(7-15(21)19-13)10-4-3-5-11(18)6-10/h3-6,12H,7-9H2,1-2H3,(H,19,21)/t12-/m0/s1. The van der Waals surface area contributed by atoms with Gasteiger partial charge in [0.25, 0.3) is 0 Å². The quantitative estimate of drug-likeness (QED) is 0.863. The van der Waals surface area contributed by atoms with E-state index in [0.29, 0.717) is 24.0 Å². The van der Waals surface area contributed by atoms with Gasteiger partial charge in [-0.2, -0.15) is 0 Å². The smallest absolute Gasteiger partial charge is 0.225 e. The van der Waals surface area contributed by atoms with Crippen molar-refractivity contribution in [2.24, 2.45) is 5.41 Å². The Morgan fingerprint density at radius 3 is 2.71 bits per heavy atom. The van der Waals surface area contributed by atoms with Crippen molar-refractivity contribution in [2.45, 2.75) is 39.0 Å². The van der Waals surface area contributed by atoms with Gasteiger partial charge in [0.15, 0.2) is 5.78 Å². The molecule has 0 bridgehead atoms. The Balaban J connectivity index is 2.08. The predicted molar refractivity (Wildman–Crippen MR) is 76.9 cm³/mol. The molecule has 1 aliphatic carbocycles. The Morgan fingerprint density at radius 1 is 1.24 bits per heavy atom. The van der Waals surface area contributed by atoms with E-state index in [1.807, 2.05) is 13.8 Å². The second-order valence-corrected chi connectivity index (χ2v) is 6.69. The molecule has 0 saturated heterocycles. The molecule has 1 heterocycles. The summed E-state index contributed by atoms with van der Waals surface area (Å²) in [6.07, 6.45) is 1.34. The van der Waals surface area contributed by atoms with Gasteiger partial charge in [-0.25, -0.2) is 4.39 Å². The summed E-state index contributed by atoms with van der Waals surface area (Å²) < 4.78 is 13.5. The van der Waals surface area contributed by atoms with Gasteiger partial charge in [-0.1, -0.05) is 26.0 Å². The molecular weight excluding hydrogens is 269 g/mol. The zero-order valence-electron chi connectivity index (χ0n) is 12.2. The number of carbonyl (C=O) groups excluding carboxylic acids is 2.